The molecule has 3 nitrogen and oxygen atoms in total. The predicted molar refractivity (Wildman–Crippen MR) is 85.8 cm³/mol. The molecule has 0 amide bonds. The van der Waals surface area contributed by atoms with Crippen LogP contribution in [0.5, 0.6) is 0 Å². The van der Waals surface area contributed by atoms with Gasteiger partial charge in [0.15, 0.2) is 0 Å². The van der Waals surface area contributed by atoms with Gasteiger partial charge in [0.1, 0.15) is 11.6 Å². The highest BCUT2D eigenvalue weighted by molar-refractivity contribution is 5.18. The van der Waals surface area contributed by atoms with Gasteiger partial charge in [-0.1, -0.05) is 0 Å². The van der Waals surface area contributed by atoms with Crippen LogP contribution in [0, 0.1) is 17.6 Å². The number of nitrogens with one attached hydrogen (secondary N) is 1. The van der Waals surface area contributed by atoms with E-state index < -0.39 is 0 Å². The SMILES string of the molecule is CN(C)CCN1CCC(CNCc2cc(F)ccc2F)CC1. The van der Waals surface area contributed by atoms with E-state index in [4.69, 9.17) is 0 Å². The zero-order valence-corrected chi connectivity index (χ0v) is 13.6. The van der Waals surface area contributed by atoms with E-state index in [0.717, 1.165) is 38.8 Å². The summed E-state index contributed by atoms with van der Waals surface area (Å²) in [7, 11) is 4.20. The molecule has 0 aromatic heterocycles. The van der Waals surface area contributed by atoms with Crippen LogP contribution < -0.4 is 5.32 Å². The Morgan fingerprint density at radius 2 is 1.95 bits per heavy atom. The third-order valence-corrected chi connectivity index (χ3v) is 4.33. The van der Waals surface area contributed by atoms with E-state index in [1.54, 1.807) is 0 Å². The molecule has 0 saturated carbocycles. The van der Waals surface area contributed by atoms with Crippen molar-refractivity contribution in [2.24, 2.45) is 5.92 Å². The maximum absolute atomic E-state index is 13.5. The Labute approximate surface area is 132 Å². The summed E-state index contributed by atoms with van der Waals surface area (Å²) >= 11 is 0. The number of hydrogen-bond acceptors (Lipinski definition) is 3. The van der Waals surface area contributed by atoms with Gasteiger partial charge in [-0.05, 0) is 70.7 Å². The zero-order chi connectivity index (χ0) is 15.9. The minimum Gasteiger partial charge on any atom is -0.312 e. The molecule has 0 radical (unpaired) electrons. The van der Waals surface area contributed by atoms with E-state index in [-0.39, 0.29) is 11.6 Å². The Bertz CT molecular complexity index is 457. The van der Waals surface area contributed by atoms with Crippen LogP contribution in [-0.4, -0.2) is 56.6 Å². The molecule has 0 spiro atoms. The summed E-state index contributed by atoms with van der Waals surface area (Å²) < 4.78 is 26.6. The first-order valence-electron chi connectivity index (χ1n) is 8.06. The van der Waals surface area contributed by atoms with Crippen LogP contribution in [0.15, 0.2) is 18.2 Å². The summed E-state index contributed by atoms with van der Waals surface area (Å²) in [6.07, 6.45) is 2.35. The molecule has 1 N–H and O–H groups in total. The third-order valence-electron chi connectivity index (χ3n) is 4.33. The van der Waals surface area contributed by atoms with Gasteiger partial charge in [0.05, 0.1) is 0 Å². The first-order valence-corrected chi connectivity index (χ1v) is 8.06. The van der Waals surface area contributed by atoms with E-state index >= 15 is 0 Å². The van der Waals surface area contributed by atoms with Crippen molar-refractivity contribution in [1.82, 2.24) is 15.1 Å². The average Bonchev–Trinajstić information content (AvgIpc) is 2.50. The quantitative estimate of drug-likeness (QED) is 0.834. The van der Waals surface area contributed by atoms with Crippen LogP contribution in [0.4, 0.5) is 8.78 Å². The Kier molecular flexibility index (Phi) is 6.73. The Morgan fingerprint density at radius 1 is 1.23 bits per heavy atom. The molecular weight excluding hydrogens is 284 g/mol. The minimum atomic E-state index is -0.382. The molecule has 124 valence electrons. The summed E-state index contributed by atoms with van der Waals surface area (Å²) in [5.74, 6) is -0.0907. The van der Waals surface area contributed by atoms with Crippen LogP contribution >= 0.6 is 0 Å². The Balaban J connectivity index is 1.65. The molecule has 1 fully saturated rings. The molecule has 1 aliphatic rings. The number of likely N-dealkylation sites (tertiary alicyclic amines) is 1. The number of rotatable bonds is 7. The molecule has 1 aliphatic heterocycles. The lowest BCUT2D eigenvalue weighted by atomic mass is 9.96. The zero-order valence-electron chi connectivity index (χ0n) is 13.6. The fourth-order valence-corrected chi connectivity index (χ4v) is 2.85. The largest absolute Gasteiger partial charge is 0.312 e. The lowest BCUT2D eigenvalue weighted by molar-refractivity contribution is 0.169. The molecule has 2 rings (SSSR count). The molecule has 22 heavy (non-hydrogen) atoms. The van der Waals surface area contributed by atoms with Gasteiger partial charge in [-0.25, -0.2) is 8.78 Å². The fourth-order valence-electron chi connectivity index (χ4n) is 2.85. The predicted octanol–water partition coefficient (Wildman–Crippen LogP) is 2.33. The molecule has 0 aliphatic carbocycles. The first kappa shape index (κ1) is 17.3. The average molecular weight is 311 g/mol. The minimum absolute atomic E-state index is 0.340. The molecule has 1 aromatic rings. The standard InChI is InChI=1S/C17H27F2N3/c1-21(2)9-10-22-7-5-14(6-8-22)12-20-13-15-11-16(18)3-4-17(15)19/h3-4,11,14,20H,5-10,12-13H2,1-2H3. The van der Waals surface area contributed by atoms with Gasteiger partial charge in [0.2, 0.25) is 0 Å². The number of hydrogen-bond donors (Lipinski definition) is 1. The van der Waals surface area contributed by atoms with Crippen molar-refractivity contribution in [2.45, 2.75) is 19.4 Å². The van der Waals surface area contributed by atoms with Gasteiger partial charge in [0.25, 0.3) is 0 Å². The normalized spacial score (nSPS) is 17.3. The van der Waals surface area contributed by atoms with Gasteiger partial charge < -0.3 is 15.1 Å². The van der Waals surface area contributed by atoms with Gasteiger partial charge >= 0.3 is 0 Å². The highest BCUT2D eigenvalue weighted by atomic mass is 19.1. The second-order valence-corrected chi connectivity index (χ2v) is 6.45. The van der Waals surface area contributed by atoms with Crippen LogP contribution in [0.25, 0.3) is 0 Å². The van der Waals surface area contributed by atoms with Crippen molar-refractivity contribution in [2.75, 3.05) is 46.8 Å². The second-order valence-electron chi connectivity index (χ2n) is 6.45. The molecule has 1 saturated heterocycles. The van der Waals surface area contributed by atoms with Crippen molar-refractivity contribution in [3.8, 4) is 0 Å². The molecular formula is C17H27F2N3. The van der Waals surface area contributed by atoms with Crippen LogP contribution in [0.3, 0.4) is 0 Å². The molecule has 0 atom stereocenters. The van der Waals surface area contributed by atoms with Gasteiger partial charge in [0, 0.05) is 25.2 Å². The number of piperidine rings is 1. The third kappa shape index (κ3) is 5.63. The highest BCUT2D eigenvalue weighted by Crippen LogP contribution is 2.16. The number of halogens is 2. The van der Waals surface area contributed by atoms with Crippen LogP contribution in [-0.2, 0) is 6.54 Å². The van der Waals surface area contributed by atoms with Crippen LogP contribution in [0.2, 0.25) is 0 Å². The lowest BCUT2D eigenvalue weighted by Crippen LogP contribution is -2.40. The molecule has 0 bridgehead atoms. The smallest absolute Gasteiger partial charge is 0.127 e. The van der Waals surface area contributed by atoms with Crippen LogP contribution in [0.1, 0.15) is 18.4 Å². The second kappa shape index (κ2) is 8.56. The molecule has 1 aromatic carbocycles. The Hall–Kier alpha value is -1.04. The molecule has 0 unspecified atom stereocenters. The summed E-state index contributed by atoms with van der Waals surface area (Å²) in [4.78, 5) is 4.71. The summed E-state index contributed by atoms with van der Waals surface area (Å²) in [6.45, 7) is 5.76. The first-order chi connectivity index (χ1) is 10.5. The van der Waals surface area contributed by atoms with Gasteiger partial charge in [-0.15, -0.1) is 0 Å². The molecule has 5 heteroatoms. The van der Waals surface area contributed by atoms with Crippen molar-refractivity contribution in [1.29, 1.82) is 0 Å². The van der Waals surface area contributed by atoms with E-state index in [1.807, 2.05) is 0 Å². The topological polar surface area (TPSA) is 18.5 Å². The Morgan fingerprint density at radius 3 is 2.64 bits per heavy atom. The van der Waals surface area contributed by atoms with Gasteiger partial charge in [-0.3, -0.25) is 0 Å². The monoisotopic (exact) mass is 311 g/mol. The summed E-state index contributed by atoms with van der Waals surface area (Å²) in [5.41, 5.74) is 0.406. The summed E-state index contributed by atoms with van der Waals surface area (Å²) in [6, 6.07) is 3.62. The fraction of sp³-hybridized carbons (Fsp3) is 0.647. The van der Waals surface area contributed by atoms with Crippen molar-refractivity contribution < 1.29 is 8.78 Å². The van der Waals surface area contributed by atoms with Crippen molar-refractivity contribution in [3.63, 3.8) is 0 Å². The highest BCUT2D eigenvalue weighted by Gasteiger charge is 2.18. The van der Waals surface area contributed by atoms with E-state index in [1.165, 1.54) is 25.0 Å². The van der Waals surface area contributed by atoms with E-state index in [0.29, 0.717) is 18.0 Å². The molecule has 1 heterocycles. The summed E-state index contributed by atoms with van der Waals surface area (Å²) in [5, 5.41) is 3.27. The van der Waals surface area contributed by atoms with Crippen molar-refractivity contribution in [3.05, 3.63) is 35.4 Å². The van der Waals surface area contributed by atoms with Crippen molar-refractivity contribution >= 4 is 0 Å². The van der Waals surface area contributed by atoms with E-state index in [9.17, 15) is 8.78 Å². The number of benzene rings is 1. The maximum atomic E-state index is 13.5. The number of likely N-dealkylation sites (N-methyl/N-ethyl adjacent to an activating group) is 1. The number of nitrogens with zero attached hydrogens (tertiary/aromatic N) is 2. The van der Waals surface area contributed by atoms with E-state index in [2.05, 4.69) is 29.2 Å². The maximum Gasteiger partial charge on any atom is 0.127 e. The van der Waals surface area contributed by atoms with Gasteiger partial charge in [-0.2, -0.15) is 0 Å². The lowest BCUT2D eigenvalue weighted by Gasteiger charge is -2.32.